The van der Waals surface area contributed by atoms with Crippen LogP contribution in [0.5, 0.6) is 0 Å². The smallest absolute Gasteiger partial charge is 0.231 e. The summed E-state index contributed by atoms with van der Waals surface area (Å²) in [6.07, 6.45) is 0. The minimum atomic E-state index is 0.858. The van der Waals surface area contributed by atoms with Crippen LogP contribution in [-0.4, -0.2) is 22.7 Å². The van der Waals surface area contributed by atoms with E-state index in [9.17, 15) is 5.21 Å². The van der Waals surface area contributed by atoms with Crippen LogP contribution < -0.4 is 0 Å². The first-order chi connectivity index (χ1) is 7.20. The zero-order valence-corrected chi connectivity index (χ0v) is 8.94. The van der Waals surface area contributed by atoms with E-state index in [0.29, 0.717) is 0 Å². The highest BCUT2D eigenvalue weighted by Crippen LogP contribution is 2.26. The molecule has 2 aliphatic rings. The fourth-order valence-electron chi connectivity index (χ4n) is 1.70. The van der Waals surface area contributed by atoms with Crippen LogP contribution in [-0.2, 0) is 0 Å². The second-order valence-corrected chi connectivity index (χ2v) is 3.64. The maximum Gasteiger partial charge on any atom is 0.231 e. The Hall–Kier alpha value is -1.83. The van der Waals surface area contributed by atoms with Gasteiger partial charge in [-0.25, -0.2) is 0 Å². The van der Waals surface area contributed by atoms with Crippen LogP contribution in [0.15, 0.2) is 42.5 Å². The normalized spacial score (nSPS) is 12.7. The molecule has 0 saturated carbocycles. The van der Waals surface area contributed by atoms with Gasteiger partial charge in [-0.15, -0.1) is 0 Å². The van der Waals surface area contributed by atoms with E-state index in [-0.39, 0.29) is 0 Å². The van der Waals surface area contributed by atoms with Gasteiger partial charge in [-0.3, -0.25) is 5.21 Å². The van der Waals surface area contributed by atoms with Crippen molar-refractivity contribution in [1.82, 2.24) is 0 Å². The molecule has 15 heavy (non-hydrogen) atoms. The molecule has 0 unspecified atom stereocenters. The first kappa shape index (κ1) is 9.71. The summed E-state index contributed by atoms with van der Waals surface area (Å²) in [7, 11) is 1.64. The summed E-state index contributed by atoms with van der Waals surface area (Å²) in [4.78, 5) is 0. The van der Waals surface area contributed by atoms with Crippen LogP contribution in [0.1, 0.15) is 12.5 Å². The van der Waals surface area contributed by atoms with Gasteiger partial charge in [-0.1, -0.05) is 36.4 Å². The molecule has 0 aromatic carbocycles. The third-order valence-corrected chi connectivity index (χ3v) is 2.67. The van der Waals surface area contributed by atoms with E-state index >= 15 is 0 Å². The number of fused-ring (bicyclic) bond motifs is 1. The van der Waals surface area contributed by atoms with Gasteiger partial charge in [0.1, 0.15) is 0 Å². The lowest BCUT2D eigenvalue weighted by atomic mass is 10.1. The number of nitrogens with zero attached hydrogens (tertiary/aromatic N) is 1. The molecule has 1 N–H and O–H groups in total. The molecule has 0 bridgehead atoms. The fourth-order valence-corrected chi connectivity index (χ4v) is 1.70. The second kappa shape index (κ2) is 3.73. The molecule has 0 aromatic rings. The van der Waals surface area contributed by atoms with Gasteiger partial charge >= 0.3 is 0 Å². The van der Waals surface area contributed by atoms with E-state index in [0.717, 1.165) is 16.0 Å². The summed E-state index contributed by atoms with van der Waals surface area (Å²) in [6, 6.07) is 14.3. The minimum Gasteiger partial charge on any atom is -0.291 e. The lowest BCUT2D eigenvalue weighted by Crippen LogP contribution is -2.11. The Morgan fingerprint density at radius 3 is 2.53 bits per heavy atom. The summed E-state index contributed by atoms with van der Waals surface area (Å²) in [5.41, 5.74) is 4.29. The highest BCUT2D eigenvalue weighted by atomic mass is 16.5. The molecule has 0 atom stereocenters. The zero-order chi connectivity index (χ0) is 10.8. The van der Waals surface area contributed by atoms with E-state index in [1.165, 1.54) is 11.1 Å². The lowest BCUT2D eigenvalue weighted by molar-refractivity contribution is -0.754. The summed E-state index contributed by atoms with van der Waals surface area (Å²) in [5, 5.41) is 9.41. The molecular formula is C13H14NO+. The lowest BCUT2D eigenvalue weighted by Gasteiger charge is -1.97. The zero-order valence-electron chi connectivity index (χ0n) is 8.94. The molecule has 2 heteroatoms. The molecule has 0 fully saturated rings. The Kier molecular flexibility index (Phi) is 2.42. The summed E-state index contributed by atoms with van der Waals surface area (Å²) in [5.74, 6) is 0. The molecule has 0 saturated heterocycles. The SMILES string of the molecule is C/C(c1ccc2cccccc1-2)=[N+](\C)O. The van der Waals surface area contributed by atoms with E-state index in [1.807, 2.05) is 31.2 Å². The highest BCUT2D eigenvalue weighted by Gasteiger charge is 2.15. The predicted molar refractivity (Wildman–Crippen MR) is 60.8 cm³/mol. The molecule has 0 radical (unpaired) electrons. The van der Waals surface area contributed by atoms with Crippen LogP contribution in [0.2, 0.25) is 0 Å². The average molecular weight is 200 g/mol. The van der Waals surface area contributed by atoms with E-state index < -0.39 is 0 Å². The van der Waals surface area contributed by atoms with E-state index in [2.05, 4.69) is 18.2 Å². The quantitative estimate of drug-likeness (QED) is 0.325. The first-order valence-corrected chi connectivity index (χ1v) is 4.94. The molecule has 2 nitrogen and oxygen atoms in total. The molecule has 0 spiro atoms. The molecule has 2 rings (SSSR count). The van der Waals surface area contributed by atoms with Crippen LogP contribution >= 0.6 is 0 Å². The van der Waals surface area contributed by atoms with Gasteiger partial charge in [0.2, 0.25) is 5.71 Å². The Labute approximate surface area is 89.4 Å². The van der Waals surface area contributed by atoms with Crippen molar-refractivity contribution in [1.29, 1.82) is 0 Å². The van der Waals surface area contributed by atoms with Crippen molar-refractivity contribution in [3.05, 3.63) is 48.0 Å². The maximum atomic E-state index is 9.41. The van der Waals surface area contributed by atoms with Gasteiger partial charge in [-0.05, 0) is 21.9 Å². The molecule has 0 heterocycles. The summed E-state index contributed by atoms with van der Waals surface area (Å²) < 4.78 is 1.15. The minimum absolute atomic E-state index is 0.858. The Morgan fingerprint density at radius 1 is 1.07 bits per heavy atom. The standard InChI is InChI=1S/C13H14NO/c1-10(14(2)15)12-9-8-11-6-4-3-5-7-13(11)12/h3-9,15H,1-2H3/q+1/b14-10-. The van der Waals surface area contributed by atoms with Crippen molar-refractivity contribution in [3.8, 4) is 11.1 Å². The molecule has 0 aliphatic heterocycles. The number of hydrogen-bond donors (Lipinski definition) is 1. The van der Waals surface area contributed by atoms with Crippen molar-refractivity contribution < 1.29 is 9.95 Å². The maximum absolute atomic E-state index is 9.41. The molecule has 76 valence electrons. The molecule has 0 amide bonds. The van der Waals surface area contributed by atoms with E-state index in [4.69, 9.17) is 0 Å². The fraction of sp³-hybridized carbons (Fsp3) is 0.154. The second-order valence-electron chi connectivity index (χ2n) is 3.64. The van der Waals surface area contributed by atoms with Gasteiger partial charge in [-0.2, -0.15) is 0 Å². The van der Waals surface area contributed by atoms with Crippen molar-refractivity contribution in [3.63, 3.8) is 0 Å². The van der Waals surface area contributed by atoms with Crippen molar-refractivity contribution in [2.24, 2.45) is 0 Å². The number of rotatable bonds is 1. The van der Waals surface area contributed by atoms with Crippen molar-refractivity contribution >= 4 is 5.71 Å². The van der Waals surface area contributed by atoms with Gasteiger partial charge < -0.3 is 0 Å². The molecular weight excluding hydrogens is 186 g/mol. The predicted octanol–water partition coefficient (Wildman–Crippen LogP) is 2.63. The van der Waals surface area contributed by atoms with Crippen molar-refractivity contribution in [2.75, 3.05) is 7.05 Å². The monoisotopic (exact) mass is 200 g/mol. The molecule has 0 aromatic heterocycles. The summed E-state index contributed by atoms with van der Waals surface area (Å²) in [6.45, 7) is 1.90. The van der Waals surface area contributed by atoms with Gasteiger partial charge in [0.15, 0.2) is 7.05 Å². The van der Waals surface area contributed by atoms with Crippen LogP contribution in [0.4, 0.5) is 0 Å². The highest BCUT2D eigenvalue weighted by molar-refractivity contribution is 6.02. The average Bonchev–Trinajstić information content (AvgIpc) is 2.46. The Bertz CT molecular complexity index is 484. The summed E-state index contributed by atoms with van der Waals surface area (Å²) >= 11 is 0. The molecule has 2 aliphatic carbocycles. The Balaban J connectivity index is 2.64. The van der Waals surface area contributed by atoms with Crippen LogP contribution in [0.3, 0.4) is 0 Å². The number of hydrogen-bond acceptors (Lipinski definition) is 1. The van der Waals surface area contributed by atoms with Crippen molar-refractivity contribution in [2.45, 2.75) is 6.92 Å². The van der Waals surface area contributed by atoms with Gasteiger partial charge in [0.25, 0.3) is 0 Å². The Morgan fingerprint density at radius 2 is 1.80 bits per heavy atom. The number of hydroxylamine groups is 1. The largest absolute Gasteiger partial charge is 0.291 e. The first-order valence-electron chi connectivity index (χ1n) is 4.94. The van der Waals surface area contributed by atoms with Gasteiger partial charge in [0.05, 0.1) is 5.56 Å². The van der Waals surface area contributed by atoms with Crippen LogP contribution in [0.25, 0.3) is 11.1 Å². The van der Waals surface area contributed by atoms with E-state index in [1.54, 1.807) is 7.05 Å². The van der Waals surface area contributed by atoms with Crippen LogP contribution in [0, 0.1) is 0 Å². The topological polar surface area (TPSA) is 23.2 Å². The third-order valence-electron chi connectivity index (χ3n) is 2.67. The van der Waals surface area contributed by atoms with Gasteiger partial charge in [0, 0.05) is 6.92 Å². The third kappa shape index (κ3) is 1.71.